The summed E-state index contributed by atoms with van der Waals surface area (Å²) >= 11 is 0. The lowest BCUT2D eigenvalue weighted by atomic mass is 9.75. The van der Waals surface area contributed by atoms with Gasteiger partial charge < -0.3 is 10.1 Å². The largest absolute Gasteiger partial charge is 0.370 e. The van der Waals surface area contributed by atoms with Gasteiger partial charge >= 0.3 is 0 Å². The molecule has 1 N–H and O–H groups in total. The highest BCUT2D eigenvalue weighted by Crippen LogP contribution is 2.37. The molecule has 1 aromatic carbocycles. The zero-order valence-corrected chi connectivity index (χ0v) is 11.2. The quantitative estimate of drug-likeness (QED) is 0.879. The van der Waals surface area contributed by atoms with Gasteiger partial charge in [0.15, 0.2) is 5.78 Å². The first-order valence-electron chi connectivity index (χ1n) is 7.25. The second-order valence-corrected chi connectivity index (χ2v) is 5.60. The van der Waals surface area contributed by atoms with Gasteiger partial charge in [-0.05, 0) is 49.4 Å². The molecule has 1 atom stereocenters. The molecule has 3 heteroatoms. The molecular weight excluding hydrogens is 238 g/mol. The second kappa shape index (κ2) is 5.85. The summed E-state index contributed by atoms with van der Waals surface area (Å²) < 4.78 is 5.71. The summed E-state index contributed by atoms with van der Waals surface area (Å²) in [5, 5.41) is 3.30. The van der Waals surface area contributed by atoms with E-state index in [1.807, 2.05) is 0 Å². The smallest absolute Gasteiger partial charge is 0.159 e. The maximum atomic E-state index is 12.0. The zero-order chi connectivity index (χ0) is 13.1. The molecule has 0 spiro atoms. The summed E-state index contributed by atoms with van der Waals surface area (Å²) in [5.41, 5.74) is 2.76. The van der Waals surface area contributed by atoms with Gasteiger partial charge in [-0.3, -0.25) is 4.79 Å². The topological polar surface area (TPSA) is 38.3 Å². The van der Waals surface area contributed by atoms with Gasteiger partial charge in [0.2, 0.25) is 0 Å². The highest BCUT2D eigenvalue weighted by atomic mass is 16.5. The highest BCUT2D eigenvalue weighted by molar-refractivity contribution is 5.81. The van der Waals surface area contributed by atoms with Crippen molar-refractivity contribution >= 4 is 5.78 Å². The average Bonchev–Trinajstić information content (AvgIpc) is 2.44. The SMILES string of the molecule is O=C(COC1CCNCC1)CC1Cc2ccccc21. The van der Waals surface area contributed by atoms with E-state index in [1.165, 1.54) is 11.1 Å². The Kier molecular flexibility index (Phi) is 3.95. The van der Waals surface area contributed by atoms with E-state index in [2.05, 4.69) is 29.6 Å². The number of ketones is 1. The molecule has 3 nitrogen and oxygen atoms in total. The van der Waals surface area contributed by atoms with Crippen molar-refractivity contribution in [3.05, 3.63) is 35.4 Å². The van der Waals surface area contributed by atoms with Gasteiger partial charge in [-0.1, -0.05) is 24.3 Å². The van der Waals surface area contributed by atoms with Crippen LogP contribution in [-0.4, -0.2) is 31.6 Å². The lowest BCUT2D eigenvalue weighted by Gasteiger charge is -2.30. The number of hydrogen-bond acceptors (Lipinski definition) is 3. The fourth-order valence-corrected chi connectivity index (χ4v) is 3.05. The van der Waals surface area contributed by atoms with Crippen LogP contribution < -0.4 is 5.32 Å². The first kappa shape index (κ1) is 12.8. The van der Waals surface area contributed by atoms with E-state index in [0.717, 1.165) is 32.4 Å². The Morgan fingerprint density at radius 2 is 2.05 bits per heavy atom. The molecule has 102 valence electrons. The summed E-state index contributed by atoms with van der Waals surface area (Å²) in [6.45, 7) is 2.31. The monoisotopic (exact) mass is 259 g/mol. The van der Waals surface area contributed by atoms with E-state index < -0.39 is 0 Å². The zero-order valence-electron chi connectivity index (χ0n) is 11.2. The van der Waals surface area contributed by atoms with Crippen molar-refractivity contribution in [1.29, 1.82) is 0 Å². The lowest BCUT2D eigenvalue weighted by Crippen LogP contribution is -2.33. The van der Waals surface area contributed by atoms with E-state index in [-0.39, 0.29) is 11.9 Å². The summed E-state index contributed by atoms with van der Waals surface area (Å²) in [7, 11) is 0. The molecule has 0 aromatic heterocycles. The molecule has 1 aromatic rings. The van der Waals surface area contributed by atoms with Crippen molar-refractivity contribution in [2.45, 2.75) is 37.7 Å². The molecular formula is C16H21NO2. The first-order chi connectivity index (χ1) is 9.33. The van der Waals surface area contributed by atoms with Crippen LogP contribution in [0.4, 0.5) is 0 Å². The van der Waals surface area contributed by atoms with Gasteiger partial charge in [0, 0.05) is 6.42 Å². The summed E-state index contributed by atoms with van der Waals surface area (Å²) in [5.74, 6) is 0.679. The minimum absolute atomic E-state index is 0.248. The fraction of sp³-hybridized carbons (Fsp3) is 0.562. The number of benzene rings is 1. The third kappa shape index (κ3) is 3.04. The summed E-state index contributed by atoms with van der Waals surface area (Å²) in [4.78, 5) is 12.0. The van der Waals surface area contributed by atoms with Crippen LogP contribution in [0.2, 0.25) is 0 Å². The van der Waals surface area contributed by atoms with Gasteiger partial charge in [-0.2, -0.15) is 0 Å². The Bertz CT molecular complexity index is 452. The molecule has 2 aliphatic rings. The predicted octanol–water partition coefficient (Wildman–Crippen LogP) is 2.05. The van der Waals surface area contributed by atoms with Crippen molar-refractivity contribution in [2.75, 3.05) is 19.7 Å². The number of ether oxygens (including phenoxy) is 1. The number of rotatable bonds is 5. The van der Waals surface area contributed by atoms with Crippen LogP contribution in [0.1, 0.15) is 36.3 Å². The fourth-order valence-electron chi connectivity index (χ4n) is 3.05. The van der Waals surface area contributed by atoms with Gasteiger partial charge in [0.05, 0.1) is 6.10 Å². The predicted molar refractivity (Wildman–Crippen MR) is 74.4 cm³/mol. The van der Waals surface area contributed by atoms with Crippen LogP contribution in [0, 0.1) is 0 Å². The van der Waals surface area contributed by atoms with E-state index >= 15 is 0 Å². The Labute approximate surface area is 114 Å². The number of nitrogens with one attached hydrogen (secondary N) is 1. The number of carbonyl (C=O) groups excluding carboxylic acids is 1. The van der Waals surface area contributed by atoms with E-state index in [4.69, 9.17) is 4.74 Å². The van der Waals surface area contributed by atoms with E-state index in [0.29, 0.717) is 18.9 Å². The third-order valence-corrected chi connectivity index (χ3v) is 4.20. The summed E-state index contributed by atoms with van der Waals surface area (Å²) in [6.07, 6.45) is 4.02. The normalized spacial score (nSPS) is 22.6. The van der Waals surface area contributed by atoms with Gasteiger partial charge in [0.1, 0.15) is 6.61 Å². The molecule has 0 radical (unpaired) electrons. The lowest BCUT2D eigenvalue weighted by molar-refractivity contribution is -0.126. The Hall–Kier alpha value is -1.19. The molecule has 1 heterocycles. The third-order valence-electron chi connectivity index (χ3n) is 4.20. The van der Waals surface area contributed by atoms with Crippen LogP contribution in [0.3, 0.4) is 0 Å². The van der Waals surface area contributed by atoms with Crippen molar-refractivity contribution in [2.24, 2.45) is 0 Å². The molecule has 1 fully saturated rings. The molecule has 1 saturated heterocycles. The van der Waals surface area contributed by atoms with E-state index in [9.17, 15) is 4.79 Å². The van der Waals surface area contributed by atoms with Crippen LogP contribution >= 0.6 is 0 Å². The number of fused-ring (bicyclic) bond motifs is 1. The summed E-state index contributed by atoms with van der Waals surface area (Å²) in [6, 6.07) is 8.42. The number of carbonyl (C=O) groups is 1. The van der Waals surface area contributed by atoms with Gasteiger partial charge in [-0.15, -0.1) is 0 Å². The molecule has 0 saturated carbocycles. The van der Waals surface area contributed by atoms with E-state index in [1.54, 1.807) is 0 Å². The minimum atomic E-state index is 0.248. The number of piperidine rings is 1. The maximum Gasteiger partial charge on any atom is 0.159 e. The Morgan fingerprint density at radius 1 is 1.26 bits per heavy atom. The molecule has 0 amide bonds. The Balaban J connectivity index is 1.43. The van der Waals surface area contributed by atoms with Crippen LogP contribution in [0.15, 0.2) is 24.3 Å². The first-order valence-corrected chi connectivity index (χ1v) is 7.25. The molecule has 19 heavy (non-hydrogen) atoms. The Morgan fingerprint density at radius 3 is 2.84 bits per heavy atom. The van der Waals surface area contributed by atoms with Gasteiger partial charge in [0.25, 0.3) is 0 Å². The van der Waals surface area contributed by atoms with Crippen molar-refractivity contribution < 1.29 is 9.53 Å². The maximum absolute atomic E-state index is 12.0. The molecule has 1 unspecified atom stereocenters. The van der Waals surface area contributed by atoms with Crippen molar-refractivity contribution in [3.63, 3.8) is 0 Å². The standard InChI is InChI=1S/C16H21NO2/c18-14(11-19-15-5-7-17-8-6-15)10-13-9-12-3-1-2-4-16(12)13/h1-4,13,15,17H,5-11H2. The molecule has 3 rings (SSSR count). The van der Waals surface area contributed by atoms with Crippen molar-refractivity contribution in [1.82, 2.24) is 5.32 Å². The highest BCUT2D eigenvalue weighted by Gasteiger charge is 2.27. The van der Waals surface area contributed by atoms with Crippen molar-refractivity contribution in [3.8, 4) is 0 Å². The minimum Gasteiger partial charge on any atom is -0.370 e. The molecule has 1 aliphatic heterocycles. The average molecular weight is 259 g/mol. The number of hydrogen-bond donors (Lipinski definition) is 1. The second-order valence-electron chi connectivity index (χ2n) is 5.60. The van der Waals surface area contributed by atoms with Crippen LogP contribution in [0.25, 0.3) is 0 Å². The number of Topliss-reactive ketones (excluding diaryl/α,β-unsaturated/α-hetero) is 1. The van der Waals surface area contributed by atoms with Crippen LogP contribution in [0.5, 0.6) is 0 Å². The van der Waals surface area contributed by atoms with Crippen LogP contribution in [-0.2, 0) is 16.0 Å². The molecule has 0 bridgehead atoms. The molecule has 1 aliphatic carbocycles. The van der Waals surface area contributed by atoms with Gasteiger partial charge in [-0.25, -0.2) is 0 Å².